The largest absolute Gasteiger partial charge is 0.496 e. The van der Waals surface area contributed by atoms with Gasteiger partial charge < -0.3 is 43.2 Å². The second-order valence-electron chi connectivity index (χ2n) is 26.5. The van der Waals surface area contributed by atoms with Crippen LogP contribution < -0.4 is 55.8 Å². The molecule has 14 rings (SSSR count). The molecule has 3 aromatic heterocycles. The van der Waals surface area contributed by atoms with E-state index in [1.165, 1.54) is 29.4 Å². The lowest BCUT2D eigenvalue weighted by Crippen LogP contribution is -2.61. The highest BCUT2D eigenvalue weighted by atomic mass is 35.5. The number of ether oxygens (including phenoxy) is 4. The van der Waals surface area contributed by atoms with E-state index in [1.54, 1.807) is 110 Å². The molecule has 6 aliphatic rings. The second kappa shape index (κ2) is 34.1. The van der Waals surface area contributed by atoms with E-state index in [1.807, 2.05) is 46.2 Å². The summed E-state index contributed by atoms with van der Waals surface area (Å²) < 4.78 is 100. The molecule has 0 bridgehead atoms. The van der Waals surface area contributed by atoms with Crippen molar-refractivity contribution in [1.82, 2.24) is 44.8 Å². The number of alkyl halides is 4. The number of aldehydes is 1. The molecule has 0 aliphatic carbocycles. The monoisotopic (exact) mass is 1520 g/mol. The van der Waals surface area contributed by atoms with Gasteiger partial charge in [0.15, 0.2) is 18.5 Å². The van der Waals surface area contributed by atoms with E-state index in [0.717, 1.165) is 38.7 Å². The molecule has 6 aliphatic heterocycles. The number of likely N-dealkylation sites (tertiary alicyclic amines) is 1. The molecule has 8 aromatic rings. The number of amides is 4. The minimum absolute atomic E-state index is 0.0630. The van der Waals surface area contributed by atoms with Crippen LogP contribution in [0.3, 0.4) is 0 Å². The third-order valence-electron chi connectivity index (χ3n) is 19.9. The van der Waals surface area contributed by atoms with Crippen LogP contribution in [0.15, 0.2) is 131 Å². The smallest absolute Gasteiger partial charge is 0.275 e. The standard InChI is InChI=1S/C37H39ClF2N6O5.C20H25F3N4O3.C18H14ClNO3.CH3Si/c1-43-20-28(26-9-11-41-19-27(26)36(43)49)23-17-30(38)29(32(18-23)50-2)21-44-12-10-33(37(39,40)22-44)46-15-13-45(14-16-46)24-3-5-25(6-4-24)51-31-7-8-34(47)42-35(31)48;21-14-11-13(30-16-3-4-18(28)25-19(16)29)1-2-15(14)26-7-9-27(10-8-26)17-5-6-24-12-20(17,22)23;1-20-9-14(12-5-3-4-6-13(12)18(20)22)11-7-16(19)15(10-21)17(8-11)23-2;1-2/h3-6,9,11,17-20,31,33H,7-8,10,12-16,21-22H2,1-2H3,(H,42,47,48);1-2,11,16-17,24H,3-10,12H2,(H,25,28,29);3-10H,1-2H3;1H3. The predicted octanol–water partition coefficient (Wildman–Crippen LogP) is 9.49. The van der Waals surface area contributed by atoms with Crippen LogP contribution in [0.4, 0.5) is 33.3 Å². The number of methoxy groups -OCH3 is 2. The van der Waals surface area contributed by atoms with Crippen molar-refractivity contribution in [1.29, 1.82) is 0 Å². The van der Waals surface area contributed by atoms with E-state index < -0.39 is 60.3 Å². The third-order valence-corrected chi connectivity index (χ3v) is 20.5. The zero-order chi connectivity index (χ0) is 75.7. The number of carbonyl (C=O) groups is 5. The number of halogens is 7. The quantitative estimate of drug-likeness (QED) is 0.0375. The molecule has 0 spiro atoms. The summed E-state index contributed by atoms with van der Waals surface area (Å²) in [7, 11) is 9.38. The molecular weight excluding hydrogens is 1440 g/mol. The van der Waals surface area contributed by atoms with Crippen molar-refractivity contribution in [3.8, 4) is 45.3 Å². The van der Waals surface area contributed by atoms with Gasteiger partial charge in [-0.15, -0.1) is 0 Å². The molecule has 4 amide bonds. The highest BCUT2D eigenvalue weighted by Gasteiger charge is 2.49. The summed E-state index contributed by atoms with van der Waals surface area (Å²) in [6.07, 6.45) is 7.53. The number of imide groups is 2. The zero-order valence-corrected chi connectivity index (χ0v) is 61.6. The van der Waals surface area contributed by atoms with Crippen LogP contribution in [0, 0.1) is 5.82 Å². The first-order valence-electron chi connectivity index (χ1n) is 34.7. The number of hydrogen-bond donors (Lipinski definition) is 3. The van der Waals surface area contributed by atoms with Crippen LogP contribution in [-0.2, 0) is 39.8 Å². The van der Waals surface area contributed by atoms with Gasteiger partial charge in [0.25, 0.3) is 34.8 Å². The molecule has 4 unspecified atom stereocenters. The van der Waals surface area contributed by atoms with Gasteiger partial charge in [0.05, 0.1) is 61.1 Å². The maximum atomic E-state index is 15.8. The fourth-order valence-corrected chi connectivity index (χ4v) is 14.9. The first-order chi connectivity index (χ1) is 50.9. The fourth-order valence-electron chi connectivity index (χ4n) is 14.4. The summed E-state index contributed by atoms with van der Waals surface area (Å²) >= 11 is 13.0. The number of piperidine rings is 4. The lowest BCUT2D eigenvalue weighted by atomic mass is 9.96. The number of piperazine rings is 2. The molecule has 22 nitrogen and oxygen atoms in total. The first-order valence-corrected chi connectivity index (χ1v) is 36.4. The number of hydrogen-bond acceptors (Lipinski definition) is 18. The lowest BCUT2D eigenvalue weighted by Gasteiger charge is -2.46. The summed E-state index contributed by atoms with van der Waals surface area (Å²) in [5, 5.41) is 10.6. The minimum atomic E-state index is -2.93. The Bertz CT molecular complexity index is 4700. The van der Waals surface area contributed by atoms with Gasteiger partial charge in [-0.2, -0.15) is 0 Å². The van der Waals surface area contributed by atoms with E-state index in [0.29, 0.717) is 146 Å². The van der Waals surface area contributed by atoms with Crippen molar-refractivity contribution in [3.63, 3.8) is 0 Å². The van der Waals surface area contributed by atoms with Crippen molar-refractivity contribution in [3.05, 3.63) is 170 Å². The SMILES string of the molecule is COc1cc(-c2cn(C)c(=O)c3ccccc23)cc(Cl)c1C=O.COc1cc(-c2cn(C)c(=O)c3cnccc23)cc(Cl)c1CN1CCC(N2CCN(c3ccc(OC4CCC(=O)NC4=O)cc3)CC2)C(F)(F)C1.C[Si].O=C1CCC(Oc2ccc(N3CCN(C4CCNCC4(F)F)CC3)c(F)c2)C(=O)N1. The molecule has 3 radical (unpaired) electrons. The second-order valence-corrected chi connectivity index (χ2v) is 27.3. The average molecular weight is 1520 g/mol. The fraction of sp³-hybridized carbons (Fsp3) is 0.395. The van der Waals surface area contributed by atoms with Gasteiger partial charge in [-0.1, -0.05) is 47.9 Å². The number of pyridine rings is 3. The highest BCUT2D eigenvalue weighted by molar-refractivity contribution is 6.33. The molecular formula is C76H81Cl2F5N11O11Si. The predicted molar refractivity (Wildman–Crippen MR) is 396 cm³/mol. The number of aryl methyl sites for hydroxylation is 2. The van der Waals surface area contributed by atoms with Gasteiger partial charge >= 0.3 is 0 Å². The number of nitrogens with zero attached hydrogens (tertiary/aromatic N) is 8. The lowest BCUT2D eigenvalue weighted by molar-refractivity contribution is -0.140. The summed E-state index contributed by atoms with van der Waals surface area (Å²) in [5.74, 6) is -6.16. The summed E-state index contributed by atoms with van der Waals surface area (Å²) in [4.78, 5) is 96.1. The van der Waals surface area contributed by atoms with Gasteiger partial charge in [0, 0.05) is 179 Å². The molecule has 4 atom stereocenters. The molecule has 0 saturated carbocycles. The maximum absolute atomic E-state index is 15.8. The van der Waals surface area contributed by atoms with E-state index in [4.69, 9.17) is 42.1 Å². The Kier molecular flexibility index (Phi) is 25.0. The minimum Gasteiger partial charge on any atom is -0.496 e. The van der Waals surface area contributed by atoms with Gasteiger partial charge in [0.1, 0.15) is 28.8 Å². The Morgan fingerprint density at radius 1 is 0.604 bits per heavy atom. The molecule has 6 saturated heterocycles. The van der Waals surface area contributed by atoms with E-state index >= 15 is 8.78 Å². The van der Waals surface area contributed by atoms with E-state index in [-0.39, 0.29) is 61.0 Å². The van der Waals surface area contributed by atoms with Crippen LogP contribution in [-0.4, -0.2) is 198 Å². The van der Waals surface area contributed by atoms with Crippen molar-refractivity contribution in [2.24, 2.45) is 14.1 Å². The topological polar surface area (TPSA) is 231 Å². The first kappa shape index (κ1) is 77.8. The summed E-state index contributed by atoms with van der Waals surface area (Å²) in [5.41, 5.74) is 5.20. The van der Waals surface area contributed by atoms with Crippen molar-refractivity contribution in [2.75, 3.05) is 103 Å². The van der Waals surface area contributed by atoms with Gasteiger partial charge in [-0.05, 0) is 114 Å². The number of carbonyl (C=O) groups excluding carboxylic acids is 5. The Morgan fingerprint density at radius 3 is 1.71 bits per heavy atom. The maximum Gasteiger partial charge on any atom is 0.275 e. The number of aromatic nitrogens is 3. The summed E-state index contributed by atoms with van der Waals surface area (Å²) in [6, 6.07) is 26.4. The van der Waals surface area contributed by atoms with E-state index in [2.05, 4.69) is 36.1 Å². The highest BCUT2D eigenvalue weighted by Crippen LogP contribution is 2.41. The average Bonchev–Trinajstić information content (AvgIpc) is 0.773. The Balaban J connectivity index is 0.000000172. The van der Waals surface area contributed by atoms with Crippen LogP contribution >= 0.6 is 23.2 Å². The van der Waals surface area contributed by atoms with Crippen LogP contribution in [0.1, 0.15) is 54.4 Å². The van der Waals surface area contributed by atoms with E-state index in [9.17, 15) is 46.7 Å². The number of nitrogens with one attached hydrogen (secondary N) is 3. The van der Waals surface area contributed by atoms with Crippen molar-refractivity contribution in [2.45, 2.75) is 87.8 Å². The van der Waals surface area contributed by atoms with Crippen LogP contribution in [0.2, 0.25) is 16.6 Å². The number of fused-ring (bicyclic) bond motifs is 2. The molecule has 9 heterocycles. The molecule has 6 fully saturated rings. The Hall–Kier alpha value is -9.29. The van der Waals surface area contributed by atoms with Gasteiger partial charge in [-0.25, -0.2) is 22.0 Å². The van der Waals surface area contributed by atoms with Gasteiger partial charge in [0.2, 0.25) is 11.8 Å². The summed E-state index contributed by atoms with van der Waals surface area (Å²) in [6.45, 7) is 6.36. The number of benzene rings is 5. The normalized spacial score (nSPS) is 20.5. The molecule has 5 aromatic carbocycles. The van der Waals surface area contributed by atoms with Crippen LogP contribution in [0.25, 0.3) is 43.8 Å². The molecule has 106 heavy (non-hydrogen) atoms. The third kappa shape index (κ3) is 17.5. The van der Waals surface area contributed by atoms with Crippen molar-refractivity contribution < 1.29 is 64.9 Å². The molecule has 559 valence electrons. The molecule has 30 heteroatoms. The zero-order valence-electron chi connectivity index (χ0n) is 59.1. The Labute approximate surface area is 622 Å². The number of rotatable bonds is 15. The Morgan fingerprint density at radius 2 is 1.14 bits per heavy atom. The van der Waals surface area contributed by atoms with Crippen LogP contribution in [0.5, 0.6) is 23.0 Å². The number of anilines is 2. The molecule has 3 N–H and O–H groups in total. The van der Waals surface area contributed by atoms with Crippen molar-refractivity contribution >= 4 is 96.3 Å². The van der Waals surface area contributed by atoms with Gasteiger partial charge in [-0.3, -0.25) is 63.9 Å².